The number of carbonyl (C=O) groups excluding carboxylic acids is 1. The van der Waals surface area contributed by atoms with Crippen LogP contribution >= 0.6 is 0 Å². The lowest BCUT2D eigenvalue weighted by Crippen LogP contribution is -2.11. The normalized spacial score (nSPS) is 11.4. The number of nitrogens with one attached hydrogen (secondary N) is 1. The van der Waals surface area contributed by atoms with Gasteiger partial charge in [-0.25, -0.2) is 4.98 Å². The van der Waals surface area contributed by atoms with Gasteiger partial charge < -0.3 is 9.72 Å². The molecule has 0 unspecified atom stereocenters. The van der Waals surface area contributed by atoms with Crippen molar-refractivity contribution in [1.29, 1.82) is 0 Å². The first-order valence-corrected chi connectivity index (χ1v) is 6.15. The summed E-state index contributed by atoms with van der Waals surface area (Å²) in [6.45, 7) is 6.43. The second-order valence-electron chi connectivity index (χ2n) is 5.45. The Morgan fingerprint density at radius 3 is 2.63 bits per heavy atom. The molecule has 0 saturated carbocycles. The Labute approximate surface area is 112 Å². The number of hydrogen-bond donors (Lipinski definition) is 1. The molecule has 0 aliphatic heterocycles. The molecule has 0 bridgehead atoms. The van der Waals surface area contributed by atoms with Crippen LogP contribution in [0.1, 0.15) is 36.8 Å². The topological polar surface area (TPSA) is 55.0 Å². The van der Waals surface area contributed by atoms with Crippen LogP contribution in [0.3, 0.4) is 0 Å². The summed E-state index contributed by atoms with van der Waals surface area (Å²) >= 11 is 0. The molecule has 4 heteroatoms. The molecule has 0 aliphatic rings. The fourth-order valence-corrected chi connectivity index (χ4v) is 1.97. The van der Waals surface area contributed by atoms with E-state index >= 15 is 0 Å². The monoisotopic (exact) mass is 258 g/mol. The third-order valence-corrected chi connectivity index (χ3v) is 3.11. The van der Waals surface area contributed by atoms with E-state index in [1.165, 1.54) is 11.9 Å². The fraction of sp³-hybridized carbons (Fsp3) is 0.333. The fourth-order valence-electron chi connectivity index (χ4n) is 1.97. The maximum atomic E-state index is 11.0. The predicted octanol–water partition coefficient (Wildman–Crippen LogP) is 3.20. The van der Waals surface area contributed by atoms with Crippen molar-refractivity contribution < 1.29 is 9.53 Å². The molecular weight excluding hydrogens is 240 g/mol. The number of aromatic amines is 1. The zero-order valence-corrected chi connectivity index (χ0v) is 11.7. The number of imidazole rings is 1. The Kier molecular flexibility index (Phi) is 3.42. The van der Waals surface area contributed by atoms with Gasteiger partial charge in [-0.3, -0.25) is 4.79 Å². The van der Waals surface area contributed by atoms with Gasteiger partial charge in [-0.05, 0) is 23.1 Å². The van der Waals surface area contributed by atoms with Gasteiger partial charge >= 0.3 is 0 Å². The second-order valence-corrected chi connectivity index (χ2v) is 5.45. The van der Waals surface area contributed by atoms with Crippen LogP contribution in [0, 0.1) is 0 Å². The summed E-state index contributed by atoms with van der Waals surface area (Å²) in [6.07, 6.45) is 2.29. The highest BCUT2D eigenvalue weighted by atomic mass is 16.5. The smallest absolute Gasteiger partial charge is 0.168 e. The van der Waals surface area contributed by atoms with Crippen LogP contribution in [0.15, 0.2) is 24.5 Å². The molecule has 0 aliphatic carbocycles. The number of methoxy groups -OCH3 is 1. The van der Waals surface area contributed by atoms with Gasteiger partial charge in [0.2, 0.25) is 0 Å². The van der Waals surface area contributed by atoms with Gasteiger partial charge in [-0.1, -0.05) is 26.8 Å². The minimum Gasteiger partial charge on any atom is -0.496 e. The molecular formula is C15H18N2O2. The molecule has 4 nitrogen and oxygen atoms in total. The number of ether oxygens (including phenoxy) is 1. The summed E-state index contributed by atoms with van der Waals surface area (Å²) in [7, 11) is 1.61. The highest BCUT2D eigenvalue weighted by molar-refractivity contribution is 5.85. The van der Waals surface area contributed by atoms with Crippen LogP contribution in [0.2, 0.25) is 0 Å². The summed E-state index contributed by atoms with van der Waals surface area (Å²) in [5.41, 5.74) is 3.11. The lowest BCUT2D eigenvalue weighted by Gasteiger charge is -2.20. The molecule has 19 heavy (non-hydrogen) atoms. The first-order valence-electron chi connectivity index (χ1n) is 6.15. The molecule has 1 heterocycles. The van der Waals surface area contributed by atoms with Crippen LogP contribution < -0.4 is 4.74 Å². The molecule has 0 atom stereocenters. The summed E-state index contributed by atoms with van der Waals surface area (Å²) in [5.74, 6) is 0.711. The van der Waals surface area contributed by atoms with Crippen molar-refractivity contribution in [1.82, 2.24) is 9.97 Å². The number of H-pyrrole nitrogens is 1. The van der Waals surface area contributed by atoms with Gasteiger partial charge in [0.25, 0.3) is 0 Å². The zero-order chi connectivity index (χ0) is 14.0. The first-order chi connectivity index (χ1) is 8.97. The van der Waals surface area contributed by atoms with Crippen molar-refractivity contribution in [2.45, 2.75) is 26.2 Å². The average molecular weight is 258 g/mol. The third-order valence-electron chi connectivity index (χ3n) is 3.11. The molecule has 1 N–H and O–H groups in total. The number of nitrogens with zero attached hydrogens (tertiary/aromatic N) is 1. The first kappa shape index (κ1) is 13.3. The molecule has 1 aromatic carbocycles. The number of aromatic nitrogens is 2. The van der Waals surface area contributed by atoms with Crippen LogP contribution in [0.25, 0.3) is 11.3 Å². The Balaban J connectivity index is 2.63. The molecule has 0 amide bonds. The highest BCUT2D eigenvalue weighted by Crippen LogP contribution is 2.34. The van der Waals surface area contributed by atoms with E-state index in [0.717, 1.165) is 11.8 Å². The van der Waals surface area contributed by atoms with Gasteiger partial charge in [-0.2, -0.15) is 0 Å². The van der Waals surface area contributed by atoms with E-state index in [-0.39, 0.29) is 5.41 Å². The van der Waals surface area contributed by atoms with Gasteiger partial charge in [0.05, 0.1) is 13.4 Å². The Morgan fingerprint density at radius 2 is 2.05 bits per heavy atom. The molecule has 0 radical (unpaired) electrons. The predicted molar refractivity (Wildman–Crippen MR) is 74.7 cm³/mol. The van der Waals surface area contributed by atoms with E-state index in [1.54, 1.807) is 7.11 Å². The van der Waals surface area contributed by atoms with E-state index in [1.807, 2.05) is 18.2 Å². The molecule has 100 valence electrons. The van der Waals surface area contributed by atoms with E-state index in [0.29, 0.717) is 17.1 Å². The van der Waals surface area contributed by atoms with Crippen LogP contribution in [0.4, 0.5) is 0 Å². The summed E-state index contributed by atoms with van der Waals surface area (Å²) in [6, 6.07) is 5.98. The van der Waals surface area contributed by atoms with Gasteiger partial charge in [0.15, 0.2) is 6.29 Å². The summed E-state index contributed by atoms with van der Waals surface area (Å²) in [5, 5.41) is 0. The number of benzene rings is 1. The Hall–Kier alpha value is -2.10. The molecule has 1 aromatic heterocycles. The second kappa shape index (κ2) is 4.88. The third kappa shape index (κ3) is 2.52. The lowest BCUT2D eigenvalue weighted by atomic mass is 9.85. The minimum atomic E-state index is 0.0265. The molecule has 0 saturated heterocycles. The Bertz CT molecular complexity index is 594. The van der Waals surface area contributed by atoms with E-state index in [9.17, 15) is 4.79 Å². The average Bonchev–Trinajstić information content (AvgIpc) is 2.85. The van der Waals surface area contributed by atoms with Crippen molar-refractivity contribution in [2.24, 2.45) is 0 Å². The van der Waals surface area contributed by atoms with Gasteiger partial charge in [0, 0.05) is 5.56 Å². The molecule has 2 rings (SSSR count). The lowest BCUT2D eigenvalue weighted by molar-refractivity contribution is 0.112. The standard InChI is InChI=1S/C15H18N2O2/c1-15(2,3)10-5-6-13(19-4)11(7-10)14-12(8-18)16-9-17-14/h5-9H,1-4H3,(H,16,17). The summed E-state index contributed by atoms with van der Waals surface area (Å²) in [4.78, 5) is 18.1. The quantitative estimate of drug-likeness (QED) is 0.860. The SMILES string of the molecule is COc1ccc(C(C)(C)C)cc1-c1nc[nH]c1C=O. The summed E-state index contributed by atoms with van der Waals surface area (Å²) < 4.78 is 5.37. The van der Waals surface area contributed by atoms with Crippen molar-refractivity contribution in [2.75, 3.05) is 7.11 Å². The van der Waals surface area contributed by atoms with Crippen LogP contribution in [-0.4, -0.2) is 23.4 Å². The zero-order valence-electron chi connectivity index (χ0n) is 11.7. The van der Waals surface area contributed by atoms with Crippen LogP contribution in [-0.2, 0) is 5.41 Å². The maximum Gasteiger partial charge on any atom is 0.168 e. The largest absolute Gasteiger partial charge is 0.496 e. The molecule has 0 fully saturated rings. The number of aldehydes is 1. The number of rotatable bonds is 3. The van der Waals surface area contributed by atoms with E-state index in [4.69, 9.17) is 4.74 Å². The van der Waals surface area contributed by atoms with Gasteiger partial charge in [-0.15, -0.1) is 0 Å². The van der Waals surface area contributed by atoms with E-state index < -0.39 is 0 Å². The highest BCUT2D eigenvalue weighted by Gasteiger charge is 2.19. The van der Waals surface area contributed by atoms with Crippen molar-refractivity contribution in [3.05, 3.63) is 35.8 Å². The van der Waals surface area contributed by atoms with Crippen LogP contribution in [0.5, 0.6) is 5.75 Å². The molecule has 2 aromatic rings. The molecule has 0 spiro atoms. The van der Waals surface area contributed by atoms with Crippen molar-refractivity contribution >= 4 is 6.29 Å². The van der Waals surface area contributed by atoms with Crippen molar-refractivity contribution in [3.63, 3.8) is 0 Å². The van der Waals surface area contributed by atoms with Gasteiger partial charge in [0.1, 0.15) is 17.1 Å². The van der Waals surface area contributed by atoms with Crippen molar-refractivity contribution in [3.8, 4) is 17.0 Å². The van der Waals surface area contributed by atoms with E-state index in [2.05, 4.69) is 30.7 Å². The number of carbonyl (C=O) groups is 1. The Morgan fingerprint density at radius 1 is 1.32 bits per heavy atom. The minimum absolute atomic E-state index is 0.0265. The number of hydrogen-bond acceptors (Lipinski definition) is 3. The maximum absolute atomic E-state index is 11.0.